The number of hydrogen-bond acceptors (Lipinski definition) is 5. The van der Waals surface area contributed by atoms with E-state index in [0.29, 0.717) is 30.8 Å². The lowest BCUT2D eigenvalue weighted by molar-refractivity contribution is 0.0572. The number of imide groups is 1. The normalized spacial score (nSPS) is 26.4. The van der Waals surface area contributed by atoms with Gasteiger partial charge >= 0.3 is 0 Å². The van der Waals surface area contributed by atoms with E-state index in [2.05, 4.69) is 0 Å². The average molecular weight is 276 g/mol. The summed E-state index contributed by atoms with van der Waals surface area (Å²) in [6.07, 6.45) is -1.51. The van der Waals surface area contributed by atoms with Crippen LogP contribution in [0.1, 0.15) is 20.7 Å². The van der Waals surface area contributed by atoms with E-state index in [1.807, 2.05) is 4.90 Å². The molecule has 0 aliphatic carbocycles. The number of β-amino-alcohol motifs (C(OH)–C–C–N with tert-alkyl or cyclic N) is 2. The molecule has 20 heavy (non-hydrogen) atoms. The predicted molar refractivity (Wildman–Crippen MR) is 70.3 cm³/mol. The molecular weight excluding hydrogens is 260 g/mol. The van der Waals surface area contributed by atoms with Crippen molar-refractivity contribution in [1.82, 2.24) is 9.80 Å². The molecule has 0 saturated carbocycles. The van der Waals surface area contributed by atoms with Crippen molar-refractivity contribution >= 4 is 11.8 Å². The summed E-state index contributed by atoms with van der Waals surface area (Å²) >= 11 is 0. The number of carbonyl (C=O) groups excluding carboxylic acids is 2. The van der Waals surface area contributed by atoms with Crippen LogP contribution >= 0.6 is 0 Å². The van der Waals surface area contributed by atoms with Crippen LogP contribution in [0.25, 0.3) is 0 Å². The molecular formula is C14H16N2O4. The quantitative estimate of drug-likeness (QED) is 0.715. The Morgan fingerprint density at radius 3 is 1.95 bits per heavy atom. The number of likely N-dealkylation sites (tertiary alicyclic amines) is 1. The van der Waals surface area contributed by atoms with Crippen LogP contribution in [0.3, 0.4) is 0 Å². The number of nitrogens with zero attached hydrogens (tertiary/aromatic N) is 2. The number of amides is 2. The molecule has 2 amide bonds. The van der Waals surface area contributed by atoms with Gasteiger partial charge in [-0.25, -0.2) is 0 Å². The summed E-state index contributed by atoms with van der Waals surface area (Å²) < 4.78 is 0. The number of fused-ring (bicyclic) bond motifs is 1. The Kier molecular flexibility index (Phi) is 3.29. The van der Waals surface area contributed by atoms with E-state index >= 15 is 0 Å². The molecule has 2 aliphatic heterocycles. The lowest BCUT2D eigenvalue weighted by Crippen LogP contribution is -2.38. The van der Waals surface area contributed by atoms with Crippen LogP contribution in [-0.4, -0.2) is 70.2 Å². The molecule has 0 bridgehead atoms. The SMILES string of the molecule is O=C1c2ccccc2C(=O)N1CCN1C[C@@H](O)[C@@H](O)C1. The van der Waals surface area contributed by atoms with Gasteiger partial charge in [0.1, 0.15) is 0 Å². The van der Waals surface area contributed by atoms with Crippen molar-refractivity contribution in [3.8, 4) is 0 Å². The molecule has 2 aliphatic rings. The largest absolute Gasteiger partial charge is 0.389 e. The molecule has 1 aromatic carbocycles. The van der Waals surface area contributed by atoms with Crippen molar-refractivity contribution in [3.05, 3.63) is 35.4 Å². The van der Waals surface area contributed by atoms with E-state index in [-0.39, 0.29) is 18.4 Å². The van der Waals surface area contributed by atoms with Crippen molar-refractivity contribution in [2.45, 2.75) is 12.2 Å². The predicted octanol–water partition coefficient (Wildman–Crippen LogP) is -0.680. The first-order valence-corrected chi connectivity index (χ1v) is 6.61. The Hall–Kier alpha value is -1.76. The molecule has 1 fully saturated rings. The maximum Gasteiger partial charge on any atom is 0.261 e. The molecule has 0 aromatic heterocycles. The number of hydrogen-bond donors (Lipinski definition) is 2. The van der Waals surface area contributed by atoms with Crippen molar-refractivity contribution < 1.29 is 19.8 Å². The van der Waals surface area contributed by atoms with E-state index in [1.165, 1.54) is 4.90 Å². The van der Waals surface area contributed by atoms with Crippen LogP contribution in [0, 0.1) is 0 Å². The Balaban J connectivity index is 1.66. The molecule has 1 saturated heterocycles. The van der Waals surface area contributed by atoms with Crippen molar-refractivity contribution in [2.75, 3.05) is 26.2 Å². The number of aliphatic hydroxyl groups excluding tert-OH is 2. The van der Waals surface area contributed by atoms with Gasteiger partial charge in [0.2, 0.25) is 0 Å². The Labute approximate surface area is 116 Å². The van der Waals surface area contributed by atoms with Crippen LogP contribution < -0.4 is 0 Å². The van der Waals surface area contributed by atoms with Gasteiger partial charge in [0, 0.05) is 26.2 Å². The second-order valence-corrected chi connectivity index (χ2v) is 5.20. The van der Waals surface area contributed by atoms with E-state index < -0.39 is 12.2 Å². The van der Waals surface area contributed by atoms with E-state index in [9.17, 15) is 19.8 Å². The van der Waals surface area contributed by atoms with Crippen LogP contribution in [0.15, 0.2) is 24.3 Å². The maximum atomic E-state index is 12.1. The summed E-state index contributed by atoms with van der Waals surface area (Å²) in [6.45, 7) is 1.46. The standard InChI is InChI=1S/C14H16N2O4/c17-11-7-15(8-12(11)18)5-6-16-13(19)9-3-1-2-4-10(9)14(16)20/h1-4,11-12,17-18H,5-8H2/t11-,12+. The third-order valence-electron chi connectivity index (χ3n) is 3.85. The lowest BCUT2D eigenvalue weighted by atomic mass is 10.1. The van der Waals surface area contributed by atoms with Gasteiger partial charge in [0.15, 0.2) is 0 Å². The molecule has 3 rings (SSSR count). The summed E-state index contributed by atoms with van der Waals surface area (Å²) in [6, 6.07) is 6.78. The zero-order chi connectivity index (χ0) is 14.3. The first kappa shape index (κ1) is 13.2. The Morgan fingerprint density at radius 2 is 1.45 bits per heavy atom. The highest BCUT2D eigenvalue weighted by Crippen LogP contribution is 2.22. The lowest BCUT2D eigenvalue weighted by Gasteiger charge is -2.19. The van der Waals surface area contributed by atoms with Gasteiger partial charge in [-0.05, 0) is 12.1 Å². The van der Waals surface area contributed by atoms with Gasteiger partial charge in [0.25, 0.3) is 11.8 Å². The fourth-order valence-corrected chi connectivity index (χ4v) is 2.71. The fraction of sp³-hybridized carbons (Fsp3) is 0.429. The van der Waals surface area contributed by atoms with Crippen LogP contribution in [-0.2, 0) is 0 Å². The number of benzene rings is 1. The molecule has 0 spiro atoms. The zero-order valence-corrected chi connectivity index (χ0v) is 10.9. The van der Waals surface area contributed by atoms with Gasteiger partial charge in [-0.1, -0.05) is 12.1 Å². The Bertz CT molecular complexity index is 515. The molecule has 2 atom stereocenters. The van der Waals surface area contributed by atoms with Crippen molar-refractivity contribution in [3.63, 3.8) is 0 Å². The molecule has 0 radical (unpaired) electrons. The summed E-state index contributed by atoms with van der Waals surface area (Å²) in [5, 5.41) is 18.9. The summed E-state index contributed by atoms with van der Waals surface area (Å²) in [7, 11) is 0. The highest BCUT2D eigenvalue weighted by molar-refractivity contribution is 6.21. The van der Waals surface area contributed by atoms with Gasteiger partial charge in [-0.15, -0.1) is 0 Å². The molecule has 6 heteroatoms. The smallest absolute Gasteiger partial charge is 0.261 e. The van der Waals surface area contributed by atoms with E-state index in [0.717, 1.165) is 0 Å². The summed E-state index contributed by atoms with van der Waals surface area (Å²) in [5.74, 6) is -0.545. The third-order valence-corrected chi connectivity index (χ3v) is 3.85. The highest BCUT2D eigenvalue weighted by atomic mass is 16.3. The van der Waals surface area contributed by atoms with E-state index in [1.54, 1.807) is 24.3 Å². The van der Waals surface area contributed by atoms with Crippen LogP contribution in [0.2, 0.25) is 0 Å². The van der Waals surface area contributed by atoms with Gasteiger partial charge in [-0.3, -0.25) is 19.4 Å². The Morgan fingerprint density at radius 1 is 0.950 bits per heavy atom. The average Bonchev–Trinajstić information content (AvgIpc) is 2.88. The summed E-state index contributed by atoms with van der Waals surface area (Å²) in [5.41, 5.74) is 0.887. The third kappa shape index (κ3) is 2.11. The minimum atomic E-state index is -0.753. The highest BCUT2D eigenvalue weighted by Gasteiger charge is 2.36. The number of carbonyl (C=O) groups is 2. The number of rotatable bonds is 3. The molecule has 2 N–H and O–H groups in total. The van der Waals surface area contributed by atoms with Crippen molar-refractivity contribution in [2.24, 2.45) is 0 Å². The molecule has 1 aromatic rings. The van der Waals surface area contributed by atoms with Gasteiger partial charge in [-0.2, -0.15) is 0 Å². The van der Waals surface area contributed by atoms with Crippen LogP contribution in [0.4, 0.5) is 0 Å². The minimum absolute atomic E-state index is 0.270. The van der Waals surface area contributed by atoms with Crippen LogP contribution in [0.5, 0.6) is 0 Å². The topological polar surface area (TPSA) is 81.1 Å². The second-order valence-electron chi connectivity index (χ2n) is 5.20. The first-order chi connectivity index (χ1) is 9.58. The molecule has 2 heterocycles. The number of aliphatic hydroxyl groups is 2. The maximum absolute atomic E-state index is 12.1. The van der Waals surface area contributed by atoms with E-state index in [4.69, 9.17) is 0 Å². The van der Waals surface area contributed by atoms with Crippen molar-refractivity contribution in [1.29, 1.82) is 0 Å². The second kappa shape index (κ2) is 4.97. The fourth-order valence-electron chi connectivity index (χ4n) is 2.71. The molecule has 0 unspecified atom stereocenters. The monoisotopic (exact) mass is 276 g/mol. The minimum Gasteiger partial charge on any atom is -0.389 e. The molecule has 106 valence electrons. The first-order valence-electron chi connectivity index (χ1n) is 6.61. The van der Waals surface area contributed by atoms with Gasteiger partial charge < -0.3 is 10.2 Å². The van der Waals surface area contributed by atoms with Gasteiger partial charge in [0.05, 0.1) is 23.3 Å². The zero-order valence-electron chi connectivity index (χ0n) is 10.9. The summed E-state index contributed by atoms with van der Waals surface area (Å²) in [4.78, 5) is 27.3. The molecule has 6 nitrogen and oxygen atoms in total.